The molecule has 1 aromatic carbocycles. The van der Waals surface area contributed by atoms with Crippen molar-refractivity contribution in [2.45, 2.75) is 25.4 Å². The third-order valence-corrected chi connectivity index (χ3v) is 4.87. The lowest BCUT2D eigenvalue weighted by molar-refractivity contribution is 0.198. The molecule has 2 heterocycles. The Bertz CT molecular complexity index is 730. The molecular formula is C18H22ClFN4O. The van der Waals surface area contributed by atoms with Gasteiger partial charge in [-0.1, -0.05) is 17.7 Å². The summed E-state index contributed by atoms with van der Waals surface area (Å²) in [5.41, 5.74) is 0.933. The molecule has 0 aliphatic carbocycles. The second kappa shape index (κ2) is 7.97. The zero-order chi connectivity index (χ0) is 17.8. The minimum atomic E-state index is -0.366. The highest BCUT2D eigenvalue weighted by atomic mass is 35.5. The van der Waals surface area contributed by atoms with Gasteiger partial charge in [-0.25, -0.2) is 9.37 Å². The lowest BCUT2D eigenvalue weighted by Gasteiger charge is -2.37. The number of rotatable bonds is 5. The van der Waals surface area contributed by atoms with Gasteiger partial charge in [-0.05, 0) is 37.1 Å². The molecule has 0 N–H and O–H groups in total. The maximum absolute atomic E-state index is 13.6. The minimum Gasteiger partial charge on any atom is -0.481 e. The second-order valence-corrected chi connectivity index (χ2v) is 6.70. The molecule has 0 radical (unpaired) electrons. The minimum absolute atomic E-state index is 0.162. The van der Waals surface area contributed by atoms with Crippen LogP contribution in [0.25, 0.3) is 0 Å². The number of methoxy groups -OCH3 is 1. The van der Waals surface area contributed by atoms with E-state index in [1.165, 1.54) is 6.07 Å². The molecule has 1 saturated heterocycles. The molecule has 1 fully saturated rings. The van der Waals surface area contributed by atoms with Crippen molar-refractivity contribution in [1.82, 2.24) is 14.9 Å². The van der Waals surface area contributed by atoms with Crippen LogP contribution in [0.15, 0.2) is 30.5 Å². The lowest BCUT2D eigenvalue weighted by atomic mass is 10.0. The van der Waals surface area contributed by atoms with Gasteiger partial charge in [0.05, 0.1) is 12.1 Å². The number of halogens is 2. The Hall–Kier alpha value is -1.92. The van der Waals surface area contributed by atoms with E-state index in [4.69, 9.17) is 16.3 Å². The van der Waals surface area contributed by atoms with Crippen molar-refractivity contribution in [3.63, 3.8) is 0 Å². The predicted octanol–water partition coefficient (Wildman–Crippen LogP) is 3.38. The molecule has 1 aliphatic rings. The molecule has 0 bridgehead atoms. The van der Waals surface area contributed by atoms with E-state index in [0.29, 0.717) is 24.4 Å². The van der Waals surface area contributed by atoms with Gasteiger partial charge in [0.15, 0.2) is 0 Å². The van der Waals surface area contributed by atoms with Crippen LogP contribution >= 0.6 is 11.6 Å². The monoisotopic (exact) mass is 364 g/mol. The number of likely N-dealkylation sites (N-methyl/N-ethyl adjacent to an activating group) is 1. The number of anilines is 1. The summed E-state index contributed by atoms with van der Waals surface area (Å²) in [7, 11) is 3.60. The van der Waals surface area contributed by atoms with Crippen molar-refractivity contribution < 1.29 is 9.13 Å². The normalized spacial score (nSPS) is 18.2. The molecule has 0 amide bonds. The van der Waals surface area contributed by atoms with E-state index in [2.05, 4.69) is 19.8 Å². The molecule has 1 atom stereocenters. The van der Waals surface area contributed by atoms with Gasteiger partial charge in [-0.15, -0.1) is 0 Å². The van der Waals surface area contributed by atoms with Crippen LogP contribution in [-0.2, 0) is 6.54 Å². The first-order valence-electron chi connectivity index (χ1n) is 8.33. The Morgan fingerprint density at radius 3 is 3.00 bits per heavy atom. The average molecular weight is 365 g/mol. The number of aromatic nitrogens is 2. The van der Waals surface area contributed by atoms with Crippen molar-refractivity contribution in [2.75, 3.05) is 32.1 Å². The Morgan fingerprint density at radius 1 is 1.40 bits per heavy atom. The second-order valence-electron chi connectivity index (χ2n) is 6.29. The van der Waals surface area contributed by atoms with E-state index in [1.54, 1.807) is 25.4 Å². The summed E-state index contributed by atoms with van der Waals surface area (Å²) < 4.78 is 18.8. The van der Waals surface area contributed by atoms with Crippen LogP contribution in [0.3, 0.4) is 0 Å². The van der Waals surface area contributed by atoms with Crippen molar-refractivity contribution in [1.29, 1.82) is 0 Å². The van der Waals surface area contributed by atoms with Gasteiger partial charge in [-0.3, -0.25) is 4.90 Å². The summed E-state index contributed by atoms with van der Waals surface area (Å²) in [6, 6.07) is 7.05. The van der Waals surface area contributed by atoms with E-state index < -0.39 is 0 Å². The van der Waals surface area contributed by atoms with Crippen LogP contribution in [0.2, 0.25) is 5.02 Å². The van der Waals surface area contributed by atoms with Crippen molar-refractivity contribution in [2.24, 2.45) is 0 Å². The zero-order valence-corrected chi connectivity index (χ0v) is 15.2. The Kier molecular flexibility index (Phi) is 5.71. The smallest absolute Gasteiger partial charge is 0.228 e. The molecule has 25 heavy (non-hydrogen) atoms. The molecule has 7 heteroatoms. The van der Waals surface area contributed by atoms with Gasteiger partial charge in [0.25, 0.3) is 0 Å². The fourth-order valence-electron chi connectivity index (χ4n) is 3.17. The molecule has 2 aromatic rings. The summed E-state index contributed by atoms with van der Waals surface area (Å²) in [5, 5.41) is 0.162. The molecule has 1 aliphatic heterocycles. The van der Waals surface area contributed by atoms with Crippen LogP contribution in [0.1, 0.15) is 18.4 Å². The Morgan fingerprint density at radius 2 is 2.24 bits per heavy atom. The molecule has 134 valence electrons. The van der Waals surface area contributed by atoms with Gasteiger partial charge in [0, 0.05) is 38.4 Å². The Labute approximate surface area is 152 Å². The number of benzene rings is 1. The van der Waals surface area contributed by atoms with E-state index in [0.717, 1.165) is 31.5 Å². The summed E-state index contributed by atoms with van der Waals surface area (Å²) >= 11 is 5.76. The molecule has 3 rings (SSSR count). The van der Waals surface area contributed by atoms with Gasteiger partial charge in [-0.2, -0.15) is 4.98 Å². The van der Waals surface area contributed by atoms with Gasteiger partial charge >= 0.3 is 0 Å². The van der Waals surface area contributed by atoms with Gasteiger partial charge < -0.3 is 9.64 Å². The number of hydrogen-bond donors (Lipinski definition) is 0. The highest BCUT2D eigenvalue weighted by molar-refractivity contribution is 6.30. The van der Waals surface area contributed by atoms with Crippen LogP contribution in [0, 0.1) is 5.82 Å². The third-order valence-electron chi connectivity index (χ3n) is 4.56. The molecule has 1 aromatic heterocycles. The van der Waals surface area contributed by atoms with E-state index in [1.807, 2.05) is 13.1 Å². The summed E-state index contributed by atoms with van der Waals surface area (Å²) in [6.07, 6.45) is 3.85. The number of likely N-dealkylation sites (tertiary alicyclic amines) is 1. The third kappa shape index (κ3) is 4.38. The maximum atomic E-state index is 13.6. The van der Waals surface area contributed by atoms with Gasteiger partial charge in [0.1, 0.15) is 5.82 Å². The molecule has 5 nitrogen and oxygen atoms in total. The molecule has 1 unspecified atom stereocenters. The largest absolute Gasteiger partial charge is 0.481 e. The van der Waals surface area contributed by atoms with E-state index in [9.17, 15) is 4.39 Å². The lowest BCUT2D eigenvalue weighted by Crippen LogP contribution is -2.46. The molecular weight excluding hydrogens is 343 g/mol. The number of hydrogen-bond acceptors (Lipinski definition) is 5. The quantitative estimate of drug-likeness (QED) is 0.813. The first-order chi connectivity index (χ1) is 12.1. The van der Waals surface area contributed by atoms with Crippen LogP contribution in [0.5, 0.6) is 5.88 Å². The fraction of sp³-hybridized carbons (Fsp3) is 0.444. The summed E-state index contributed by atoms with van der Waals surface area (Å²) in [6.45, 7) is 2.58. The SMILES string of the molecule is COc1ccnc(N(C)C2CCCN(Cc3ccc(Cl)c(F)c3)C2)n1. The highest BCUT2D eigenvalue weighted by Gasteiger charge is 2.25. The van der Waals surface area contributed by atoms with E-state index in [-0.39, 0.29) is 10.8 Å². The first-order valence-corrected chi connectivity index (χ1v) is 8.71. The summed E-state index contributed by atoms with van der Waals surface area (Å²) in [5.74, 6) is 0.847. The standard InChI is InChI=1S/C18H22ClFN4O/c1-23(18-21-8-7-17(22-18)25-2)14-4-3-9-24(12-14)11-13-5-6-15(19)16(20)10-13/h5-8,10,14H,3-4,9,11-12H2,1-2H3. The molecule has 0 spiro atoms. The topological polar surface area (TPSA) is 41.5 Å². The van der Waals surface area contributed by atoms with Crippen LogP contribution < -0.4 is 9.64 Å². The average Bonchev–Trinajstić information content (AvgIpc) is 2.64. The van der Waals surface area contributed by atoms with Crippen LogP contribution in [-0.4, -0.2) is 48.2 Å². The number of ether oxygens (including phenoxy) is 1. The van der Waals surface area contributed by atoms with Crippen molar-refractivity contribution in [3.8, 4) is 5.88 Å². The number of nitrogens with zero attached hydrogens (tertiary/aromatic N) is 4. The zero-order valence-electron chi connectivity index (χ0n) is 14.5. The highest BCUT2D eigenvalue weighted by Crippen LogP contribution is 2.22. The van der Waals surface area contributed by atoms with Gasteiger partial charge in [0.2, 0.25) is 11.8 Å². The Balaban J connectivity index is 1.66. The van der Waals surface area contributed by atoms with Crippen molar-refractivity contribution >= 4 is 17.5 Å². The first kappa shape index (κ1) is 17.9. The van der Waals surface area contributed by atoms with E-state index >= 15 is 0 Å². The van der Waals surface area contributed by atoms with Crippen LogP contribution in [0.4, 0.5) is 10.3 Å². The fourth-order valence-corrected chi connectivity index (χ4v) is 3.28. The summed E-state index contributed by atoms with van der Waals surface area (Å²) in [4.78, 5) is 13.2. The molecule has 0 saturated carbocycles. The number of piperidine rings is 1. The maximum Gasteiger partial charge on any atom is 0.228 e. The predicted molar refractivity (Wildman–Crippen MR) is 96.7 cm³/mol. The van der Waals surface area contributed by atoms with Crippen molar-refractivity contribution in [3.05, 3.63) is 46.9 Å².